The van der Waals surface area contributed by atoms with E-state index in [1.165, 1.54) is 5.56 Å². The molecule has 3 nitrogen and oxygen atoms in total. The Hall–Kier alpha value is -3.85. The molecule has 0 aliphatic heterocycles. The van der Waals surface area contributed by atoms with Crippen molar-refractivity contribution in [3.05, 3.63) is 131 Å². The Bertz CT molecular complexity index is 1110. The Labute approximate surface area is 176 Å². The summed E-state index contributed by atoms with van der Waals surface area (Å²) in [5.41, 5.74) is 4.63. The molecule has 30 heavy (non-hydrogen) atoms. The Balaban J connectivity index is 1.72. The minimum Gasteiger partial charge on any atom is -0.465 e. The monoisotopic (exact) mass is 393 g/mol. The molecule has 0 bridgehead atoms. The van der Waals surface area contributed by atoms with Crippen molar-refractivity contribution >= 4 is 17.6 Å². The van der Waals surface area contributed by atoms with Gasteiger partial charge in [0.05, 0.1) is 17.9 Å². The molecule has 0 fully saturated rings. The molecule has 1 heterocycles. The first-order valence-corrected chi connectivity index (χ1v) is 9.94. The third-order valence-corrected chi connectivity index (χ3v) is 4.98. The summed E-state index contributed by atoms with van der Waals surface area (Å²) < 4.78 is 5.47. The lowest BCUT2D eigenvalue weighted by molar-refractivity contribution is -0.116. The summed E-state index contributed by atoms with van der Waals surface area (Å²) in [5, 5.41) is 3.23. The first-order chi connectivity index (χ1) is 14.7. The number of nitrogens with one attached hydrogen (secondary N) is 1. The van der Waals surface area contributed by atoms with E-state index in [1.54, 1.807) is 12.3 Å². The van der Waals surface area contributed by atoms with Crippen molar-refractivity contribution in [2.45, 2.75) is 13.0 Å². The maximum absolute atomic E-state index is 13.5. The third-order valence-electron chi connectivity index (χ3n) is 4.98. The number of carbonyl (C=O) groups is 1. The van der Waals surface area contributed by atoms with E-state index in [4.69, 9.17) is 4.42 Å². The van der Waals surface area contributed by atoms with Crippen molar-refractivity contribution < 1.29 is 9.21 Å². The zero-order valence-corrected chi connectivity index (χ0v) is 16.8. The quantitative estimate of drug-likeness (QED) is 0.406. The van der Waals surface area contributed by atoms with Crippen LogP contribution < -0.4 is 5.32 Å². The van der Waals surface area contributed by atoms with Gasteiger partial charge in [-0.2, -0.15) is 0 Å². The molecule has 3 heteroatoms. The van der Waals surface area contributed by atoms with E-state index in [9.17, 15) is 4.79 Å². The van der Waals surface area contributed by atoms with Crippen LogP contribution in [0.1, 0.15) is 34.1 Å². The van der Waals surface area contributed by atoms with Crippen molar-refractivity contribution in [1.29, 1.82) is 0 Å². The molecule has 0 spiro atoms. The molecule has 1 N–H and O–H groups in total. The lowest BCUT2D eigenvalue weighted by atomic mass is 9.96. The molecule has 0 aliphatic carbocycles. The number of carbonyl (C=O) groups excluding carboxylic acids is 1. The highest BCUT2D eigenvalue weighted by atomic mass is 16.3. The van der Waals surface area contributed by atoms with Crippen LogP contribution in [0.2, 0.25) is 0 Å². The van der Waals surface area contributed by atoms with Gasteiger partial charge < -0.3 is 9.73 Å². The fourth-order valence-corrected chi connectivity index (χ4v) is 3.39. The van der Waals surface area contributed by atoms with Gasteiger partial charge in [0.2, 0.25) is 0 Å². The number of benzene rings is 3. The summed E-state index contributed by atoms with van der Waals surface area (Å²) in [7, 11) is 0. The second kappa shape index (κ2) is 9.10. The highest BCUT2D eigenvalue weighted by Gasteiger charge is 2.20. The molecule has 1 atom stereocenters. The number of furan rings is 1. The minimum absolute atomic E-state index is 0.160. The maximum atomic E-state index is 13.5. The van der Waals surface area contributed by atoms with E-state index >= 15 is 0 Å². The normalized spacial score (nSPS) is 12.4. The zero-order chi connectivity index (χ0) is 20.8. The number of hydrogen-bond donors (Lipinski definition) is 1. The summed E-state index contributed by atoms with van der Waals surface area (Å²) in [6.07, 6.45) is 3.38. The second-order valence-electron chi connectivity index (χ2n) is 7.17. The fraction of sp³-hybridized carbons (Fsp3) is 0.0741. The van der Waals surface area contributed by atoms with Crippen molar-refractivity contribution in [3.8, 4) is 0 Å². The van der Waals surface area contributed by atoms with Crippen molar-refractivity contribution in [2.24, 2.45) is 0 Å². The van der Waals surface area contributed by atoms with Crippen molar-refractivity contribution in [2.75, 3.05) is 0 Å². The van der Waals surface area contributed by atoms with E-state index in [0.29, 0.717) is 11.3 Å². The van der Waals surface area contributed by atoms with E-state index in [1.807, 2.05) is 72.8 Å². The summed E-state index contributed by atoms with van der Waals surface area (Å²) in [5.74, 6) is 0.475. The molecule has 148 valence electrons. The molecule has 0 saturated heterocycles. The van der Waals surface area contributed by atoms with Crippen LogP contribution in [0.5, 0.6) is 0 Å². The fourth-order valence-electron chi connectivity index (χ4n) is 3.39. The van der Waals surface area contributed by atoms with Gasteiger partial charge in [-0.15, -0.1) is 0 Å². The number of aryl methyl sites for hydroxylation is 1. The topological polar surface area (TPSA) is 42.2 Å². The molecule has 3 aromatic carbocycles. The Kier molecular flexibility index (Phi) is 5.90. The van der Waals surface area contributed by atoms with Crippen LogP contribution in [0.4, 0.5) is 0 Å². The molecular formula is C27H23NO2. The van der Waals surface area contributed by atoms with Gasteiger partial charge in [0.1, 0.15) is 5.76 Å². The smallest absolute Gasteiger partial charge is 0.252 e. The Morgan fingerprint density at radius 1 is 0.800 bits per heavy atom. The zero-order valence-electron chi connectivity index (χ0n) is 16.8. The first-order valence-electron chi connectivity index (χ1n) is 9.94. The SMILES string of the molecule is Cc1ccc([C@H](NC(=O)/C(=C/c2ccco2)c2ccccc2)c2ccccc2)cc1. The highest BCUT2D eigenvalue weighted by molar-refractivity contribution is 6.24. The van der Waals surface area contributed by atoms with Gasteiger partial charge in [-0.1, -0.05) is 90.5 Å². The van der Waals surface area contributed by atoms with Crippen LogP contribution in [-0.4, -0.2) is 5.91 Å². The minimum atomic E-state index is -0.261. The van der Waals surface area contributed by atoms with Gasteiger partial charge in [-0.3, -0.25) is 4.79 Å². The van der Waals surface area contributed by atoms with Crippen LogP contribution in [0, 0.1) is 6.92 Å². The van der Waals surface area contributed by atoms with Crippen molar-refractivity contribution in [1.82, 2.24) is 5.32 Å². The lowest BCUT2D eigenvalue weighted by Crippen LogP contribution is -2.30. The molecule has 0 aliphatic rings. The molecule has 0 radical (unpaired) electrons. The molecular weight excluding hydrogens is 370 g/mol. The van der Waals surface area contributed by atoms with Gasteiger partial charge in [0, 0.05) is 0 Å². The number of rotatable bonds is 6. The van der Waals surface area contributed by atoms with Crippen LogP contribution in [0.25, 0.3) is 11.6 Å². The summed E-state index contributed by atoms with van der Waals surface area (Å²) in [4.78, 5) is 13.5. The molecule has 1 amide bonds. The van der Waals surface area contributed by atoms with Gasteiger partial charge in [0.15, 0.2) is 0 Å². The van der Waals surface area contributed by atoms with Crippen LogP contribution in [-0.2, 0) is 4.79 Å². The standard InChI is InChI=1S/C27H23NO2/c1-20-14-16-23(17-15-20)26(22-11-6-3-7-12-22)28-27(29)25(19-24-13-8-18-30-24)21-9-4-2-5-10-21/h2-19,26H,1H3,(H,28,29)/b25-19+/t26-/m1/s1. The Morgan fingerprint density at radius 3 is 2.07 bits per heavy atom. The molecule has 1 aromatic heterocycles. The summed E-state index contributed by atoms with van der Waals surface area (Å²) in [6.45, 7) is 2.06. The van der Waals surface area contributed by atoms with Crippen LogP contribution in [0.3, 0.4) is 0 Å². The average molecular weight is 393 g/mol. The third kappa shape index (κ3) is 4.58. The largest absolute Gasteiger partial charge is 0.465 e. The number of amides is 1. The second-order valence-corrected chi connectivity index (χ2v) is 7.17. The van der Waals surface area contributed by atoms with E-state index in [0.717, 1.165) is 16.7 Å². The maximum Gasteiger partial charge on any atom is 0.252 e. The van der Waals surface area contributed by atoms with Gasteiger partial charge in [-0.05, 0) is 41.8 Å². The lowest BCUT2D eigenvalue weighted by Gasteiger charge is -2.21. The molecule has 0 saturated carbocycles. The van der Waals surface area contributed by atoms with E-state index in [-0.39, 0.29) is 11.9 Å². The first kappa shape index (κ1) is 19.5. The van der Waals surface area contributed by atoms with Gasteiger partial charge in [0.25, 0.3) is 5.91 Å². The van der Waals surface area contributed by atoms with Crippen LogP contribution >= 0.6 is 0 Å². The molecule has 4 rings (SSSR count). The van der Waals surface area contributed by atoms with Gasteiger partial charge >= 0.3 is 0 Å². The summed E-state index contributed by atoms with van der Waals surface area (Å²) >= 11 is 0. The molecule has 0 unspecified atom stereocenters. The van der Waals surface area contributed by atoms with E-state index in [2.05, 4.69) is 36.5 Å². The predicted molar refractivity (Wildman–Crippen MR) is 121 cm³/mol. The molecule has 4 aromatic rings. The predicted octanol–water partition coefficient (Wildman–Crippen LogP) is 6.03. The summed E-state index contributed by atoms with van der Waals surface area (Å²) in [6, 6.07) is 31.3. The Morgan fingerprint density at radius 2 is 1.43 bits per heavy atom. The van der Waals surface area contributed by atoms with Crippen molar-refractivity contribution in [3.63, 3.8) is 0 Å². The van der Waals surface area contributed by atoms with Gasteiger partial charge in [-0.25, -0.2) is 0 Å². The highest BCUT2D eigenvalue weighted by Crippen LogP contribution is 2.25. The van der Waals surface area contributed by atoms with E-state index < -0.39 is 0 Å². The van der Waals surface area contributed by atoms with Crippen LogP contribution in [0.15, 0.2) is 108 Å². The number of hydrogen-bond acceptors (Lipinski definition) is 2. The average Bonchev–Trinajstić information content (AvgIpc) is 3.31.